The molecule has 0 aliphatic carbocycles. The molecule has 0 aliphatic rings. The van der Waals surface area contributed by atoms with Crippen LogP contribution < -0.4 is 10.1 Å². The Morgan fingerprint density at radius 3 is 2.87 bits per heavy atom. The van der Waals surface area contributed by atoms with Crippen LogP contribution in [0.3, 0.4) is 0 Å². The van der Waals surface area contributed by atoms with Gasteiger partial charge < -0.3 is 9.84 Å². The summed E-state index contributed by atoms with van der Waals surface area (Å²) in [6.45, 7) is 3.51. The minimum Gasteiger partial charge on any atom is -0.489 e. The lowest BCUT2D eigenvalue weighted by molar-refractivity contribution is 0.208. The van der Waals surface area contributed by atoms with E-state index in [4.69, 9.17) is 9.84 Å². The van der Waals surface area contributed by atoms with Gasteiger partial charge in [-0.1, -0.05) is 0 Å². The molecule has 0 bridgehead atoms. The van der Waals surface area contributed by atoms with E-state index >= 15 is 0 Å². The van der Waals surface area contributed by atoms with E-state index in [9.17, 15) is 9.18 Å². The molecular weight excluding hydrogens is 203 g/mol. The minimum atomic E-state index is -1.37. The summed E-state index contributed by atoms with van der Waals surface area (Å²) < 4.78 is 18.4. The second kappa shape index (κ2) is 4.59. The van der Waals surface area contributed by atoms with Crippen LogP contribution in [0.15, 0.2) is 12.3 Å². The Bertz CT molecular complexity index is 368. The van der Waals surface area contributed by atoms with Crippen molar-refractivity contribution in [3.05, 3.63) is 18.2 Å². The molecule has 2 N–H and O–H groups in total. The normalized spacial score (nSPS) is 10.1. The predicted octanol–water partition coefficient (Wildman–Crippen LogP) is 2.10. The van der Waals surface area contributed by atoms with Crippen molar-refractivity contribution in [3.63, 3.8) is 0 Å². The molecule has 15 heavy (non-hydrogen) atoms. The average Bonchev–Trinajstić information content (AvgIpc) is 2.09. The van der Waals surface area contributed by atoms with E-state index in [1.807, 2.05) is 5.32 Å². The van der Waals surface area contributed by atoms with Crippen molar-refractivity contribution < 1.29 is 19.0 Å². The molecule has 0 atom stereocenters. The first-order valence-corrected chi connectivity index (χ1v) is 4.32. The largest absolute Gasteiger partial charge is 0.489 e. The lowest BCUT2D eigenvalue weighted by atomic mass is 10.3. The maximum absolute atomic E-state index is 13.1. The van der Waals surface area contributed by atoms with Gasteiger partial charge in [0.1, 0.15) is 11.4 Å². The van der Waals surface area contributed by atoms with Crippen LogP contribution in [0.2, 0.25) is 0 Å². The summed E-state index contributed by atoms with van der Waals surface area (Å²) in [7, 11) is 0. The summed E-state index contributed by atoms with van der Waals surface area (Å²) in [5, 5.41) is 10.4. The summed E-state index contributed by atoms with van der Waals surface area (Å²) in [5.41, 5.74) is -0.265. The number of amides is 1. The van der Waals surface area contributed by atoms with Crippen LogP contribution in [-0.4, -0.2) is 22.3 Å². The number of hydrogen-bond donors (Lipinski definition) is 2. The van der Waals surface area contributed by atoms with Gasteiger partial charge in [-0.3, -0.25) is 5.32 Å². The molecule has 0 fully saturated rings. The highest BCUT2D eigenvalue weighted by atomic mass is 19.1. The number of halogens is 1. The first-order chi connectivity index (χ1) is 7.00. The number of rotatable bonds is 3. The monoisotopic (exact) mass is 214 g/mol. The van der Waals surface area contributed by atoms with Gasteiger partial charge >= 0.3 is 6.09 Å². The molecule has 0 unspecified atom stereocenters. The van der Waals surface area contributed by atoms with Gasteiger partial charge in [-0.05, 0) is 13.8 Å². The van der Waals surface area contributed by atoms with Crippen LogP contribution in [0.4, 0.5) is 14.9 Å². The molecule has 1 aromatic heterocycles. The Labute approximate surface area is 85.9 Å². The first kappa shape index (κ1) is 11.2. The van der Waals surface area contributed by atoms with Crippen LogP contribution in [0.1, 0.15) is 13.8 Å². The number of aromatic nitrogens is 1. The van der Waals surface area contributed by atoms with Crippen LogP contribution in [0.25, 0.3) is 0 Å². The Morgan fingerprint density at radius 1 is 1.67 bits per heavy atom. The molecule has 1 heterocycles. The number of carbonyl (C=O) groups is 1. The average molecular weight is 214 g/mol. The number of ether oxygens (including phenoxy) is 1. The zero-order valence-corrected chi connectivity index (χ0v) is 8.32. The minimum absolute atomic E-state index is 0.125. The fraction of sp³-hybridized carbons (Fsp3) is 0.333. The van der Waals surface area contributed by atoms with Crippen LogP contribution in [-0.2, 0) is 0 Å². The second-order valence-electron chi connectivity index (χ2n) is 3.07. The Hall–Kier alpha value is -1.85. The highest BCUT2D eigenvalue weighted by Crippen LogP contribution is 2.26. The summed E-state index contributed by atoms with van der Waals surface area (Å²) >= 11 is 0. The molecular formula is C9H11FN2O3. The van der Waals surface area contributed by atoms with Crippen molar-refractivity contribution in [3.8, 4) is 5.75 Å². The Balaban J connectivity index is 3.02. The molecule has 0 spiro atoms. The van der Waals surface area contributed by atoms with Crippen molar-refractivity contribution in [2.45, 2.75) is 20.0 Å². The van der Waals surface area contributed by atoms with E-state index in [1.54, 1.807) is 13.8 Å². The van der Waals surface area contributed by atoms with Gasteiger partial charge in [0.25, 0.3) is 0 Å². The fourth-order valence-electron chi connectivity index (χ4n) is 0.992. The second-order valence-corrected chi connectivity index (χ2v) is 3.07. The molecule has 0 saturated heterocycles. The summed E-state index contributed by atoms with van der Waals surface area (Å²) in [6.07, 6.45) is -0.336. The molecule has 5 nitrogen and oxygen atoms in total. The van der Waals surface area contributed by atoms with E-state index in [-0.39, 0.29) is 17.5 Å². The van der Waals surface area contributed by atoms with Crippen molar-refractivity contribution in [1.29, 1.82) is 0 Å². The fourth-order valence-corrected chi connectivity index (χ4v) is 0.992. The van der Waals surface area contributed by atoms with E-state index < -0.39 is 12.0 Å². The van der Waals surface area contributed by atoms with Crippen LogP contribution in [0.5, 0.6) is 5.75 Å². The number of carboxylic acid groups (broad SMARTS) is 1. The van der Waals surface area contributed by atoms with E-state index in [0.29, 0.717) is 0 Å². The molecule has 1 aromatic rings. The number of anilines is 1. The number of nitrogens with one attached hydrogen (secondary N) is 1. The van der Waals surface area contributed by atoms with Gasteiger partial charge in [0.05, 0.1) is 6.10 Å². The van der Waals surface area contributed by atoms with Crippen LogP contribution >= 0.6 is 0 Å². The van der Waals surface area contributed by atoms with Gasteiger partial charge in [-0.25, -0.2) is 9.78 Å². The standard InChI is InChI=1S/C9H11FN2O3/c1-5(2)15-6-3-4-11-8(10)7(6)12-9(13)14/h3-5,12H,1-2H3,(H,13,14). The van der Waals surface area contributed by atoms with E-state index in [0.717, 1.165) is 0 Å². The maximum Gasteiger partial charge on any atom is 0.409 e. The molecule has 0 aliphatic heterocycles. The van der Waals surface area contributed by atoms with Crippen LogP contribution in [0, 0.1) is 5.95 Å². The van der Waals surface area contributed by atoms with Gasteiger partial charge in [0.15, 0.2) is 0 Å². The number of pyridine rings is 1. The topological polar surface area (TPSA) is 71.5 Å². The van der Waals surface area contributed by atoms with Crippen molar-refractivity contribution in [1.82, 2.24) is 4.98 Å². The Kier molecular flexibility index (Phi) is 3.43. The zero-order valence-electron chi connectivity index (χ0n) is 8.32. The number of hydrogen-bond acceptors (Lipinski definition) is 3. The third-order valence-electron chi connectivity index (χ3n) is 1.46. The van der Waals surface area contributed by atoms with Gasteiger partial charge in [-0.2, -0.15) is 4.39 Å². The summed E-state index contributed by atoms with van der Waals surface area (Å²) in [5.74, 6) is -0.782. The first-order valence-electron chi connectivity index (χ1n) is 4.32. The SMILES string of the molecule is CC(C)Oc1ccnc(F)c1NC(=O)O. The smallest absolute Gasteiger partial charge is 0.409 e. The summed E-state index contributed by atoms with van der Waals surface area (Å²) in [4.78, 5) is 13.7. The molecule has 0 radical (unpaired) electrons. The zero-order chi connectivity index (χ0) is 11.4. The molecule has 1 amide bonds. The predicted molar refractivity (Wildman–Crippen MR) is 51.6 cm³/mol. The lowest BCUT2D eigenvalue weighted by Crippen LogP contribution is -2.14. The quantitative estimate of drug-likeness (QED) is 0.756. The van der Waals surface area contributed by atoms with Crippen molar-refractivity contribution >= 4 is 11.8 Å². The lowest BCUT2D eigenvalue weighted by Gasteiger charge is -2.13. The molecule has 6 heteroatoms. The molecule has 0 aromatic carbocycles. The van der Waals surface area contributed by atoms with Gasteiger partial charge in [0.2, 0.25) is 5.95 Å². The van der Waals surface area contributed by atoms with Gasteiger partial charge in [0, 0.05) is 12.3 Å². The van der Waals surface area contributed by atoms with Gasteiger partial charge in [-0.15, -0.1) is 0 Å². The maximum atomic E-state index is 13.1. The van der Waals surface area contributed by atoms with E-state index in [2.05, 4.69) is 4.98 Å². The van der Waals surface area contributed by atoms with Crippen molar-refractivity contribution in [2.24, 2.45) is 0 Å². The Morgan fingerprint density at radius 2 is 2.33 bits per heavy atom. The third-order valence-corrected chi connectivity index (χ3v) is 1.46. The molecule has 1 rings (SSSR count). The van der Waals surface area contributed by atoms with Crippen molar-refractivity contribution in [2.75, 3.05) is 5.32 Å². The number of nitrogens with zero attached hydrogens (tertiary/aromatic N) is 1. The summed E-state index contributed by atoms with van der Waals surface area (Å²) in [6, 6.07) is 1.40. The van der Waals surface area contributed by atoms with E-state index in [1.165, 1.54) is 12.3 Å². The molecule has 82 valence electrons. The highest BCUT2D eigenvalue weighted by molar-refractivity contribution is 5.85. The highest BCUT2D eigenvalue weighted by Gasteiger charge is 2.14. The third kappa shape index (κ3) is 3.08. The molecule has 0 saturated carbocycles.